The summed E-state index contributed by atoms with van der Waals surface area (Å²) >= 11 is 0. The molecule has 30 heavy (non-hydrogen) atoms. The van der Waals surface area contributed by atoms with Gasteiger partial charge in [0.15, 0.2) is 0 Å². The second kappa shape index (κ2) is 12.9. The zero-order chi connectivity index (χ0) is 22.5. The van der Waals surface area contributed by atoms with Gasteiger partial charge in [-0.05, 0) is 24.6 Å². The number of benzene rings is 2. The fourth-order valence-electron chi connectivity index (χ4n) is 2.66. The number of carboxylic acids is 2. The Balaban J connectivity index is 0.000000311. The zero-order valence-electron chi connectivity index (χ0n) is 17.3. The van der Waals surface area contributed by atoms with Crippen LogP contribution in [0.3, 0.4) is 0 Å². The molecule has 0 heterocycles. The van der Waals surface area contributed by atoms with Crippen LogP contribution in [0.2, 0.25) is 0 Å². The van der Waals surface area contributed by atoms with Crippen LogP contribution in [-0.4, -0.2) is 66.4 Å². The van der Waals surface area contributed by atoms with Gasteiger partial charge in [0.2, 0.25) is 0 Å². The second-order valence-electron chi connectivity index (χ2n) is 6.49. The molecule has 0 saturated heterocycles. The average molecular weight is 416 g/mol. The molecule has 0 spiro atoms. The summed E-state index contributed by atoms with van der Waals surface area (Å²) < 4.78 is 4.50. The summed E-state index contributed by atoms with van der Waals surface area (Å²) in [5, 5.41) is 20.6. The van der Waals surface area contributed by atoms with Gasteiger partial charge < -0.3 is 20.3 Å². The minimum absolute atomic E-state index is 0.252. The molecule has 0 aliphatic heterocycles. The number of hydrogen-bond acceptors (Lipinski definition) is 5. The molecule has 3 N–H and O–H groups in total. The minimum Gasteiger partial charge on any atom is -0.480 e. The Kier molecular flexibility index (Phi) is 10.6. The predicted molar refractivity (Wildman–Crippen MR) is 112 cm³/mol. The van der Waals surface area contributed by atoms with Gasteiger partial charge in [-0.15, -0.1) is 0 Å². The smallest absolute Gasteiger partial charge is 0.409 e. The van der Waals surface area contributed by atoms with E-state index in [2.05, 4.69) is 10.1 Å². The first-order valence-electron chi connectivity index (χ1n) is 9.31. The highest BCUT2D eigenvalue weighted by molar-refractivity contribution is 5.80. The lowest BCUT2D eigenvalue weighted by Crippen LogP contribution is -2.43. The van der Waals surface area contributed by atoms with Crippen molar-refractivity contribution in [2.75, 3.05) is 21.2 Å². The first-order valence-corrected chi connectivity index (χ1v) is 9.31. The van der Waals surface area contributed by atoms with Crippen LogP contribution in [0, 0.1) is 0 Å². The normalized spacial score (nSPS) is 12.0. The average Bonchev–Trinajstić information content (AvgIpc) is 2.76. The highest BCUT2D eigenvalue weighted by Crippen LogP contribution is 2.09. The summed E-state index contributed by atoms with van der Waals surface area (Å²) in [6, 6.07) is 17.3. The standard InChI is InChI=1S/C12H15NO4.C10H13NO2/c1-13(12(16)17-2)10(11(14)15)8-9-6-4-3-5-7-9;1-11-9(10(12)13)7-8-5-3-2-4-6-8/h3-7,10H,8H2,1-2H3,(H,14,15);2-6,9,11H,7H2,1H3,(H,12,13)/t10-;9-/m00/s1. The molecule has 2 rings (SSSR count). The molecule has 8 heteroatoms. The molecule has 0 unspecified atom stereocenters. The lowest BCUT2D eigenvalue weighted by atomic mass is 10.1. The Morgan fingerprint density at radius 1 is 0.900 bits per heavy atom. The summed E-state index contributed by atoms with van der Waals surface area (Å²) in [6.45, 7) is 0. The van der Waals surface area contributed by atoms with E-state index in [9.17, 15) is 14.4 Å². The van der Waals surface area contributed by atoms with Crippen LogP contribution in [0.1, 0.15) is 11.1 Å². The van der Waals surface area contributed by atoms with Crippen LogP contribution in [-0.2, 0) is 27.2 Å². The van der Waals surface area contributed by atoms with E-state index in [1.165, 1.54) is 14.2 Å². The third-order valence-corrected chi connectivity index (χ3v) is 4.42. The number of likely N-dealkylation sites (N-methyl/N-ethyl adjacent to an activating group) is 2. The molecule has 0 radical (unpaired) electrons. The Morgan fingerprint density at radius 3 is 1.73 bits per heavy atom. The van der Waals surface area contributed by atoms with Crippen molar-refractivity contribution in [2.45, 2.75) is 24.9 Å². The maximum atomic E-state index is 11.3. The quantitative estimate of drug-likeness (QED) is 0.604. The number of amides is 1. The van der Waals surface area contributed by atoms with Crippen molar-refractivity contribution in [1.29, 1.82) is 0 Å². The van der Waals surface area contributed by atoms with E-state index in [0.29, 0.717) is 6.42 Å². The van der Waals surface area contributed by atoms with E-state index in [1.54, 1.807) is 7.05 Å². The van der Waals surface area contributed by atoms with E-state index in [4.69, 9.17) is 10.2 Å². The number of nitrogens with zero attached hydrogens (tertiary/aromatic N) is 1. The molecular formula is C22H28N2O6. The van der Waals surface area contributed by atoms with Crippen LogP contribution >= 0.6 is 0 Å². The third kappa shape index (κ3) is 8.32. The topological polar surface area (TPSA) is 116 Å². The van der Waals surface area contributed by atoms with Crippen LogP contribution in [0.4, 0.5) is 4.79 Å². The number of carboxylic acid groups (broad SMARTS) is 2. The van der Waals surface area contributed by atoms with E-state index >= 15 is 0 Å². The molecule has 1 amide bonds. The number of rotatable bonds is 8. The number of carbonyl (C=O) groups is 3. The van der Waals surface area contributed by atoms with Crippen molar-refractivity contribution in [3.63, 3.8) is 0 Å². The molecule has 2 aromatic rings. The van der Waals surface area contributed by atoms with Crippen molar-refractivity contribution in [2.24, 2.45) is 0 Å². The van der Waals surface area contributed by atoms with Crippen molar-refractivity contribution < 1.29 is 29.3 Å². The molecule has 2 atom stereocenters. The Labute approximate surface area is 176 Å². The van der Waals surface area contributed by atoms with Gasteiger partial charge in [0.05, 0.1) is 7.11 Å². The number of hydrogen-bond donors (Lipinski definition) is 3. The Morgan fingerprint density at radius 2 is 1.37 bits per heavy atom. The molecular weight excluding hydrogens is 388 g/mol. The second-order valence-corrected chi connectivity index (χ2v) is 6.49. The highest BCUT2D eigenvalue weighted by Gasteiger charge is 2.27. The molecule has 0 aliphatic rings. The van der Waals surface area contributed by atoms with E-state index in [1.807, 2.05) is 60.7 Å². The molecule has 2 aromatic carbocycles. The summed E-state index contributed by atoms with van der Waals surface area (Å²) in [5.41, 5.74) is 1.89. The maximum Gasteiger partial charge on any atom is 0.409 e. The lowest BCUT2D eigenvalue weighted by Gasteiger charge is -2.23. The minimum atomic E-state index is -1.05. The number of carbonyl (C=O) groups excluding carboxylic acids is 1. The number of ether oxygens (including phenoxy) is 1. The van der Waals surface area contributed by atoms with E-state index in [0.717, 1.165) is 16.0 Å². The first-order chi connectivity index (χ1) is 14.3. The molecule has 0 fully saturated rings. The van der Waals surface area contributed by atoms with Crippen LogP contribution in [0.25, 0.3) is 0 Å². The number of methoxy groups -OCH3 is 1. The van der Waals surface area contributed by atoms with Gasteiger partial charge in [-0.2, -0.15) is 0 Å². The monoisotopic (exact) mass is 416 g/mol. The van der Waals surface area contributed by atoms with Crippen LogP contribution in [0.15, 0.2) is 60.7 Å². The molecule has 0 aliphatic carbocycles. The van der Waals surface area contributed by atoms with Gasteiger partial charge in [-0.1, -0.05) is 60.7 Å². The predicted octanol–water partition coefficient (Wildman–Crippen LogP) is 2.28. The van der Waals surface area contributed by atoms with Crippen molar-refractivity contribution in [3.8, 4) is 0 Å². The molecule has 8 nitrogen and oxygen atoms in total. The summed E-state index contributed by atoms with van der Waals surface area (Å²) in [7, 11) is 4.29. The van der Waals surface area contributed by atoms with Crippen LogP contribution < -0.4 is 5.32 Å². The van der Waals surface area contributed by atoms with E-state index < -0.39 is 30.1 Å². The fraction of sp³-hybridized carbons (Fsp3) is 0.318. The van der Waals surface area contributed by atoms with Crippen molar-refractivity contribution in [3.05, 3.63) is 71.8 Å². The fourth-order valence-corrected chi connectivity index (χ4v) is 2.66. The Hall–Kier alpha value is -3.39. The van der Waals surface area contributed by atoms with Gasteiger partial charge in [-0.25, -0.2) is 9.59 Å². The first kappa shape index (κ1) is 24.6. The maximum absolute atomic E-state index is 11.3. The van der Waals surface area contributed by atoms with Crippen molar-refractivity contribution >= 4 is 18.0 Å². The SMILES string of the molecule is CN[C@@H](Cc1ccccc1)C(=O)O.COC(=O)N(C)[C@@H](Cc1ccccc1)C(=O)O. The summed E-state index contributed by atoms with van der Waals surface area (Å²) in [6.07, 6.45) is 0.113. The van der Waals surface area contributed by atoms with Gasteiger partial charge >= 0.3 is 18.0 Å². The van der Waals surface area contributed by atoms with Gasteiger partial charge in [-0.3, -0.25) is 9.69 Å². The third-order valence-electron chi connectivity index (χ3n) is 4.42. The zero-order valence-corrected chi connectivity index (χ0v) is 17.3. The largest absolute Gasteiger partial charge is 0.480 e. The summed E-state index contributed by atoms with van der Waals surface area (Å²) in [5.74, 6) is -1.87. The highest BCUT2D eigenvalue weighted by atomic mass is 16.5. The van der Waals surface area contributed by atoms with Gasteiger partial charge in [0.1, 0.15) is 12.1 Å². The number of nitrogens with one attached hydrogen (secondary N) is 1. The number of aliphatic carboxylic acids is 2. The van der Waals surface area contributed by atoms with Crippen LogP contribution in [0.5, 0.6) is 0 Å². The molecule has 0 saturated carbocycles. The lowest BCUT2D eigenvalue weighted by molar-refractivity contribution is -0.142. The van der Waals surface area contributed by atoms with Gasteiger partial charge in [0.25, 0.3) is 0 Å². The van der Waals surface area contributed by atoms with Gasteiger partial charge in [0, 0.05) is 13.5 Å². The van der Waals surface area contributed by atoms with E-state index in [-0.39, 0.29) is 6.42 Å². The molecule has 162 valence electrons. The summed E-state index contributed by atoms with van der Waals surface area (Å²) in [4.78, 5) is 34.2. The molecule has 0 bridgehead atoms. The Bertz CT molecular complexity index is 798. The molecule has 0 aromatic heterocycles. The van der Waals surface area contributed by atoms with Crippen molar-refractivity contribution in [1.82, 2.24) is 10.2 Å².